The normalized spacial score (nSPS) is 13.3. The van der Waals surface area contributed by atoms with Crippen molar-refractivity contribution < 1.29 is 9.15 Å². The molecule has 0 saturated carbocycles. The largest absolute Gasteiger partial charge is 0.457 e. The van der Waals surface area contributed by atoms with Crippen molar-refractivity contribution in [2.75, 3.05) is 4.90 Å². The number of ether oxygens (including phenoxy) is 1. The van der Waals surface area contributed by atoms with Gasteiger partial charge in [0.2, 0.25) is 0 Å². The van der Waals surface area contributed by atoms with Crippen molar-refractivity contribution in [1.82, 2.24) is 0 Å². The van der Waals surface area contributed by atoms with Crippen molar-refractivity contribution in [1.29, 1.82) is 0 Å². The third-order valence-corrected chi connectivity index (χ3v) is 11.9. The monoisotopic (exact) mass is 715 g/mol. The highest BCUT2D eigenvalue weighted by molar-refractivity contribution is 6.14. The first-order chi connectivity index (χ1) is 27.8. The zero-order valence-corrected chi connectivity index (χ0v) is 30.3. The number of rotatable bonds is 4. The van der Waals surface area contributed by atoms with Crippen molar-refractivity contribution >= 4 is 49.8 Å². The molecule has 0 bridgehead atoms. The van der Waals surface area contributed by atoms with E-state index in [4.69, 9.17) is 9.15 Å². The molecule has 0 radical (unpaired) electrons. The van der Waals surface area contributed by atoms with Crippen molar-refractivity contribution in [3.05, 3.63) is 222 Å². The number of hydrogen-bond donors (Lipinski definition) is 0. The summed E-state index contributed by atoms with van der Waals surface area (Å²) in [5, 5.41) is 4.64. The van der Waals surface area contributed by atoms with Crippen LogP contribution in [0.1, 0.15) is 22.3 Å². The lowest BCUT2D eigenvalue weighted by molar-refractivity contribution is 0.436. The molecule has 56 heavy (non-hydrogen) atoms. The van der Waals surface area contributed by atoms with E-state index in [-0.39, 0.29) is 0 Å². The third-order valence-electron chi connectivity index (χ3n) is 11.9. The van der Waals surface area contributed by atoms with E-state index in [1.807, 2.05) is 6.07 Å². The number of anilines is 3. The van der Waals surface area contributed by atoms with Gasteiger partial charge in [-0.15, -0.1) is 0 Å². The number of nitrogens with zero attached hydrogens (tertiary/aromatic N) is 1. The van der Waals surface area contributed by atoms with Crippen LogP contribution in [0.15, 0.2) is 205 Å². The maximum absolute atomic E-state index is 6.72. The molecule has 12 rings (SSSR count). The minimum atomic E-state index is -0.630. The lowest BCUT2D eigenvalue weighted by Gasteiger charge is -2.39. The lowest BCUT2D eigenvalue weighted by Crippen LogP contribution is -2.32. The second kappa shape index (κ2) is 11.8. The zero-order chi connectivity index (χ0) is 36.8. The maximum Gasteiger partial charge on any atom is 0.137 e. The van der Waals surface area contributed by atoms with Gasteiger partial charge in [-0.25, -0.2) is 0 Å². The quantitative estimate of drug-likeness (QED) is 0.181. The maximum atomic E-state index is 6.72. The Balaban J connectivity index is 1.22. The van der Waals surface area contributed by atoms with Crippen molar-refractivity contribution in [3.63, 3.8) is 0 Å². The Morgan fingerprint density at radius 3 is 1.91 bits per heavy atom. The van der Waals surface area contributed by atoms with Crippen LogP contribution in [0.5, 0.6) is 11.5 Å². The van der Waals surface area contributed by atoms with Gasteiger partial charge in [0.25, 0.3) is 0 Å². The van der Waals surface area contributed by atoms with Crippen LogP contribution >= 0.6 is 0 Å². The first-order valence-corrected chi connectivity index (χ1v) is 19.2. The molecular weight excluding hydrogens is 683 g/mol. The standard InChI is InChI=1S/C53H33NO2/c1-2-15-34(16-3-1)37-18-6-10-23-45(37)54(46-24-14-28-50-52(46)40-20-7-11-25-47(40)55-50)36-30-31-39-44(33-36)53(43-32-29-35-17-4-5-19-38(35)51(39)43)41-21-8-12-26-48(41)56-49-27-13-9-22-42(49)53/h1-33H. The fraction of sp³-hybridized carbons (Fsp3) is 0.0189. The van der Waals surface area contributed by atoms with Crippen LogP contribution in [0.4, 0.5) is 17.1 Å². The molecule has 0 atom stereocenters. The summed E-state index contributed by atoms with van der Waals surface area (Å²) < 4.78 is 13.2. The highest BCUT2D eigenvalue weighted by atomic mass is 16.5. The molecule has 0 N–H and O–H groups in total. The third kappa shape index (κ3) is 4.22. The Kier molecular flexibility index (Phi) is 6.55. The van der Waals surface area contributed by atoms with Crippen LogP contribution in [0.2, 0.25) is 0 Å². The predicted molar refractivity (Wildman–Crippen MR) is 229 cm³/mol. The summed E-state index contributed by atoms with van der Waals surface area (Å²) in [5.74, 6) is 1.76. The Bertz CT molecular complexity index is 3150. The molecule has 0 unspecified atom stereocenters. The summed E-state index contributed by atoms with van der Waals surface area (Å²) >= 11 is 0. The number of hydrogen-bond acceptors (Lipinski definition) is 3. The van der Waals surface area contributed by atoms with Gasteiger partial charge in [-0.1, -0.05) is 152 Å². The van der Waals surface area contributed by atoms with E-state index in [2.05, 4.69) is 199 Å². The van der Waals surface area contributed by atoms with Gasteiger partial charge in [0.15, 0.2) is 0 Å². The second-order valence-corrected chi connectivity index (χ2v) is 14.8. The Morgan fingerprint density at radius 2 is 1.07 bits per heavy atom. The average Bonchev–Trinajstić information content (AvgIpc) is 3.79. The Hall–Kier alpha value is -7.36. The lowest BCUT2D eigenvalue weighted by atomic mass is 9.66. The van der Waals surface area contributed by atoms with Crippen LogP contribution in [0, 0.1) is 0 Å². The molecule has 3 nitrogen and oxygen atoms in total. The highest BCUT2D eigenvalue weighted by Crippen LogP contribution is 2.64. The predicted octanol–water partition coefficient (Wildman–Crippen LogP) is 14.3. The number of fused-ring (bicyclic) bond motifs is 14. The van der Waals surface area contributed by atoms with Crippen LogP contribution in [-0.2, 0) is 5.41 Å². The minimum absolute atomic E-state index is 0.630. The van der Waals surface area contributed by atoms with Gasteiger partial charge in [0.05, 0.1) is 22.2 Å². The van der Waals surface area contributed by atoms with Crippen molar-refractivity contribution in [3.8, 4) is 33.8 Å². The zero-order valence-electron chi connectivity index (χ0n) is 30.3. The van der Waals surface area contributed by atoms with Crippen LogP contribution in [0.3, 0.4) is 0 Å². The van der Waals surface area contributed by atoms with E-state index in [0.717, 1.165) is 72.8 Å². The van der Waals surface area contributed by atoms with Crippen LogP contribution in [-0.4, -0.2) is 0 Å². The van der Waals surface area contributed by atoms with E-state index < -0.39 is 5.41 Å². The minimum Gasteiger partial charge on any atom is -0.457 e. The molecule has 0 amide bonds. The molecule has 1 spiro atoms. The van der Waals surface area contributed by atoms with Crippen molar-refractivity contribution in [2.45, 2.75) is 5.41 Å². The summed E-state index contributed by atoms with van der Waals surface area (Å²) in [4.78, 5) is 2.44. The molecule has 10 aromatic rings. The summed E-state index contributed by atoms with van der Waals surface area (Å²) in [7, 11) is 0. The SMILES string of the molecule is c1ccc(-c2ccccc2N(c2ccc3c(c2)C2(c4ccccc4Oc4ccccc42)c2ccc4ccccc4c2-3)c2cccc3oc4ccccc4c23)cc1. The molecule has 1 aromatic heterocycles. The number of para-hydroxylation sites is 4. The van der Waals surface area contributed by atoms with Gasteiger partial charge in [-0.3, -0.25) is 0 Å². The first kappa shape index (κ1) is 31.0. The van der Waals surface area contributed by atoms with Gasteiger partial charge < -0.3 is 14.1 Å². The second-order valence-electron chi connectivity index (χ2n) is 14.8. The van der Waals surface area contributed by atoms with E-state index in [0.29, 0.717) is 0 Å². The molecule has 3 heteroatoms. The van der Waals surface area contributed by atoms with Crippen molar-refractivity contribution in [2.24, 2.45) is 0 Å². The summed E-state index contributed by atoms with van der Waals surface area (Å²) in [5.41, 5.74) is 13.9. The van der Waals surface area contributed by atoms with Gasteiger partial charge in [-0.05, 0) is 87.1 Å². The Labute approximate surface area is 324 Å². The molecule has 0 saturated heterocycles. The molecular formula is C53H33NO2. The molecule has 2 aliphatic rings. The summed E-state index contributed by atoms with van der Waals surface area (Å²) in [6.07, 6.45) is 0. The molecule has 262 valence electrons. The molecule has 0 fully saturated rings. The topological polar surface area (TPSA) is 25.6 Å². The Morgan fingerprint density at radius 1 is 0.411 bits per heavy atom. The number of furan rings is 1. The smallest absolute Gasteiger partial charge is 0.137 e. The summed E-state index contributed by atoms with van der Waals surface area (Å²) in [6, 6.07) is 72.0. The molecule has 1 aliphatic carbocycles. The first-order valence-electron chi connectivity index (χ1n) is 19.2. The van der Waals surface area contributed by atoms with E-state index >= 15 is 0 Å². The molecule has 1 aliphatic heterocycles. The van der Waals surface area contributed by atoms with Gasteiger partial charge in [-0.2, -0.15) is 0 Å². The fourth-order valence-corrected chi connectivity index (χ4v) is 9.67. The average molecular weight is 716 g/mol. The van der Waals surface area contributed by atoms with E-state index in [1.165, 1.54) is 33.0 Å². The van der Waals surface area contributed by atoms with Gasteiger partial charge >= 0.3 is 0 Å². The van der Waals surface area contributed by atoms with Crippen LogP contribution in [0.25, 0.3) is 55.0 Å². The van der Waals surface area contributed by atoms with Gasteiger partial charge in [0, 0.05) is 27.8 Å². The summed E-state index contributed by atoms with van der Waals surface area (Å²) in [6.45, 7) is 0. The van der Waals surface area contributed by atoms with Crippen LogP contribution < -0.4 is 9.64 Å². The highest BCUT2D eigenvalue weighted by Gasteiger charge is 2.51. The number of benzene rings is 9. The fourth-order valence-electron chi connectivity index (χ4n) is 9.67. The van der Waals surface area contributed by atoms with Gasteiger partial charge in [0.1, 0.15) is 22.7 Å². The van der Waals surface area contributed by atoms with E-state index in [1.54, 1.807) is 0 Å². The van der Waals surface area contributed by atoms with E-state index in [9.17, 15) is 0 Å². The molecule has 2 heterocycles. The molecule has 9 aromatic carbocycles.